The summed E-state index contributed by atoms with van der Waals surface area (Å²) in [5.41, 5.74) is -0.360. The number of carbonyl (C=O) groups is 1. The number of hydrogen-bond donors (Lipinski definition) is 1. The molecule has 22 heavy (non-hydrogen) atoms. The smallest absolute Gasteiger partial charge is 0.343 e. The monoisotopic (exact) mass is 311 g/mol. The molecule has 0 saturated heterocycles. The van der Waals surface area contributed by atoms with Crippen LogP contribution in [0.5, 0.6) is 0 Å². The maximum atomic E-state index is 12.5. The van der Waals surface area contributed by atoms with Crippen LogP contribution in [0.4, 0.5) is 13.2 Å². The maximum Gasteiger partial charge on any atom is 0.416 e. The Morgan fingerprint density at radius 1 is 1.32 bits per heavy atom. The number of nitrogens with zero attached hydrogens (tertiary/aromatic N) is 2. The molecule has 1 aromatic heterocycles. The zero-order valence-corrected chi connectivity index (χ0v) is 11.5. The van der Waals surface area contributed by atoms with Crippen molar-refractivity contribution in [2.45, 2.75) is 19.6 Å². The van der Waals surface area contributed by atoms with Gasteiger partial charge in [-0.3, -0.25) is 4.79 Å². The summed E-state index contributed by atoms with van der Waals surface area (Å²) in [6.45, 7) is 1.74. The molecule has 0 bridgehead atoms. The number of rotatable bonds is 4. The van der Waals surface area contributed by atoms with E-state index in [9.17, 15) is 18.0 Å². The molecular formula is C14H12F3N3O2. The zero-order valence-electron chi connectivity index (χ0n) is 11.5. The van der Waals surface area contributed by atoms with E-state index in [1.807, 2.05) is 0 Å². The lowest BCUT2D eigenvalue weighted by Gasteiger charge is -2.05. The lowest BCUT2D eigenvalue weighted by molar-refractivity contribution is -0.137. The lowest BCUT2D eigenvalue weighted by Crippen LogP contribution is -2.20. The summed E-state index contributed by atoms with van der Waals surface area (Å²) >= 11 is 0. The standard InChI is InChI=1S/C14H12F3N3O2/c1-2-3-11(21)18-8-12-19-13(20-22-12)9-4-6-10(7-5-9)14(15,16)17/h2-7H,8H2,1H3,(H,18,21)/b3-2+. The Kier molecular flexibility index (Phi) is 4.59. The molecule has 2 aromatic rings. The minimum absolute atomic E-state index is 0.0385. The molecule has 1 amide bonds. The minimum atomic E-state index is -4.39. The van der Waals surface area contributed by atoms with Gasteiger partial charge in [0.1, 0.15) is 0 Å². The van der Waals surface area contributed by atoms with E-state index in [0.717, 1.165) is 12.1 Å². The van der Waals surface area contributed by atoms with Crippen molar-refractivity contribution in [3.05, 3.63) is 47.9 Å². The van der Waals surface area contributed by atoms with Crippen LogP contribution in [0.15, 0.2) is 40.9 Å². The molecule has 0 saturated carbocycles. The van der Waals surface area contributed by atoms with Gasteiger partial charge in [0, 0.05) is 5.56 Å². The van der Waals surface area contributed by atoms with E-state index >= 15 is 0 Å². The molecule has 8 heteroatoms. The predicted octanol–water partition coefficient (Wildman–Crippen LogP) is 2.95. The van der Waals surface area contributed by atoms with Gasteiger partial charge in [-0.2, -0.15) is 18.2 Å². The van der Waals surface area contributed by atoms with Crippen LogP contribution in [0, 0.1) is 0 Å². The number of halogens is 3. The minimum Gasteiger partial charge on any atom is -0.343 e. The fourth-order valence-electron chi connectivity index (χ4n) is 1.63. The van der Waals surface area contributed by atoms with E-state index in [1.165, 1.54) is 18.2 Å². The Morgan fingerprint density at radius 2 is 2.00 bits per heavy atom. The molecule has 116 valence electrons. The van der Waals surface area contributed by atoms with Crippen LogP contribution >= 0.6 is 0 Å². The van der Waals surface area contributed by atoms with Gasteiger partial charge in [0.2, 0.25) is 17.6 Å². The third-order valence-electron chi connectivity index (χ3n) is 2.67. The number of nitrogens with one attached hydrogen (secondary N) is 1. The molecule has 0 radical (unpaired) electrons. The van der Waals surface area contributed by atoms with Crippen LogP contribution in [0.2, 0.25) is 0 Å². The summed E-state index contributed by atoms with van der Waals surface area (Å²) in [4.78, 5) is 15.2. The maximum absolute atomic E-state index is 12.5. The second-order valence-corrected chi connectivity index (χ2v) is 4.30. The van der Waals surface area contributed by atoms with Gasteiger partial charge in [-0.25, -0.2) is 0 Å². The molecule has 1 heterocycles. The molecule has 0 fully saturated rings. The molecule has 0 aliphatic rings. The van der Waals surface area contributed by atoms with E-state index in [-0.39, 0.29) is 24.2 Å². The number of alkyl halides is 3. The zero-order chi connectivity index (χ0) is 16.2. The highest BCUT2D eigenvalue weighted by molar-refractivity contribution is 5.87. The fourth-order valence-corrected chi connectivity index (χ4v) is 1.63. The highest BCUT2D eigenvalue weighted by Crippen LogP contribution is 2.30. The van der Waals surface area contributed by atoms with Gasteiger partial charge in [-0.15, -0.1) is 0 Å². The third kappa shape index (κ3) is 3.94. The average molecular weight is 311 g/mol. The molecule has 0 atom stereocenters. The van der Waals surface area contributed by atoms with E-state index in [2.05, 4.69) is 15.5 Å². The van der Waals surface area contributed by atoms with Gasteiger partial charge < -0.3 is 9.84 Å². The van der Waals surface area contributed by atoms with Crippen LogP contribution in [0.1, 0.15) is 18.4 Å². The normalized spacial score (nSPS) is 11.8. The van der Waals surface area contributed by atoms with Crippen LogP contribution < -0.4 is 5.32 Å². The molecule has 0 aliphatic heterocycles. The SMILES string of the molecule is C/C=C/C(=O)NCc1nc(-c2ccc(C(F)(F)F)cc2)no1. The van der Waals surface area contributed by atoms with Crippen LogP contribution in [-0.4, -0.2) is 16.0 Å². The molecule has 1 N–H and O–H groups in total. The Bertz CT molecular complexity index is 675. The van der Waals surface area contributed by atoms with Crippen molar-refractivity contribution in [3.8, 4) is 11.4 Å². The Balaban J connectivity index is 2.06. The van der Waals surface area contributed by atoms with Crippen molar-refractivity contribution in [2.24, 2.45) is 0 Å². The number of hydrogen-bond acceptors (Lipinski definition) is 4. The van der Waals surface area contributed by atoms with Gasteiger partial charge in [0.15, 0.2) is 0 Å². The van der Waals surface area contributed by atoms with Crippen molar-refractivity contribution < 1.29 is 22.5 Å². The van der Waals surface area contributed by atoms with Crippen molar-refractivity contribution in [1.29, 1.82) is 0 Å². The van der Waals surface area contributed by atoms with Gasteiger partial charge in [-0.05, 0) is 25.1 Å². The summed E-state index contributed by atoms with van der Waals surface area (Å²) in [6, 6.07) is 4.41. The lowest BCUT2D eigenvalue weighted by atomic mass is 10.1. The van der Waals surface area contributed by atoms with E-state index in [1.54, 1.807) is 13.0 Å². The first-order valence-corrected chi connectivity index (χ1v) is 6.31. The Hall–Kier alpha value is -2.64. The van der Waals surface area contributed by atoms with Gasteiger partial charge in [0.05, 0.1) is 12.1 Å². The molecule has 2 rings (SSSR count). The number of allylic oxidation sites excluding steroid dienone is 1. The van der Waals surface area contributed by atoms with Gasteiger partial charge in [0.25, 0.3) is 0 Å². The van der Waals surface area contributed by atoms with E-state index in [4.69, 9.17) is 4.52 Å². The third-order valence-corrected chi connectivity index (χ3v) is 2.67. The Labute approximate surface area is 123 Å². The topological polar surface area (TPSA) is 68.0 Å². The molecule has 0 aliphatic carbocycles. The van der Waals surface area contributed by atoms with Crippen LogP contribution in [0.25, 0.3) is 11.4 Å². The highest BCUT2D eigenvalue weighted by Gasteiger charge is 2.30. The first kappa shape index (κ1) is 15.7. The summed E-state index contributed by atoms with van der Waals surface area (Å²) in [7, 11) is 0. The summed E-state index contributed by atoms with van der Waals surface area (Å²) in [5, 5.41) is 6.19. The van der Waals surface area contributed by atoms with Gasteiger partial charge in [-0.1, -0.05) is 23.4 Å². The first-order chi connectivity index (χ1) is 10.4. The number of amides is 1. The fraction of sp³-hybridized carbons (Fsp3) is 0.214. The molecule has 1 aromatic carbocycles. The summed E-state index contributed by atoms with van der Waals surface area (Å²) < 4.78 is 42.3. The molecule has 0 spiro atoms. The average Bonchev–Trinajstić information content (AvgIpc) is 2.93. The molecular weight excluding hydrogens is 299 g/mol. The van der Waals surface area contributed by atoms with Crippen molar-refractivity contribution in [2.75, 3.05) is 0 Å². The quantitative estimate of drug-likeness (QED) is 0.882. The largest absolute Gasteiger partial charge is 0.416 e. The molecule has 0 unspecified atom stereocenters. The second-order valence-electron chi connectivity index (χ2n) is 4.30. The van der Waals surface area contributed by atoms with Crippen LogP contribution in [0.3, 0.4) is 0 Å². The van der Waals surface area contributed by atoms with E-state index in [0.29, 0.717) is 5.56 Å². The molecule has 5 nitrogen and oxygen atoms in total. The van der Waals surface area contributed by atoms with E-state index < -0.39 is 11.7 Å². The second kappa shape index (κ2) is 6.42. The highest BCUT2D eigenvalue weighted by atomic mass is 19.4. The summed E-state index contributed by atoms with van der Waals surface area (Å²) in [6.07, 6.45) is -1.47. The van der Waals surface area contributed by atoms with Gasteiger partial charge >= 0.3 is 6.18 Å². The Morgan fingerprint density at radius 3 is 2.59 bits per heavy atom. The predicted molar refractivity (Wildman–Crippen MR) is 71.4 cm³/mol. The number of aromatic nitrogens is 2. The van der Waals surface area contributed by atoms with Crippen LogP contribution in [-0.2, 0) is 17.5 Å². The van der Waals surface area contributed by atoms with Crippen molar-refractivity contribution >= 4 is 5.91 Å². The number of benzene rings is 1. The van der Waals surface area contributed by atoms with Crippen molar-refractivity contribution in [1.82, 2.24) is 15.5 Å². The van der Waals surface area contributed by atoms with Crippen molar-refractivity contribution in [3.63, 3.8) is 0 Å². The first-order valence-electron chi connectivity index (χ1n) is 6.31. The summed E-state index contributed by atoms with van der Waals surface area (Å²) in [5.74, 6) is 0.00791. The number of carbonyl (C=O) groups excluding carboxylic acids is 1.